The lowest BCUT2D eigenvalue weighted by Crippen LogP contribution is -2.45. The molecule has 0 aromatic carbocycles. The summed E-state index contributed by atoms with van der Waals surface area (Å²) in [5, 5.41) is 6.36. The molecule has 76 valence electrons. The van der Waals surface area contributed by atoms with Crippen LogP contribution < -0.4 is 10.6 Å². The van der Waals surface area contributed by atoms with Crippen LogP contribution in [0.15, 0.2) is 0 Å². The smallest absolute Gasteiger partial charge is 0.222 e. The molecule has 1 aliphatic rings. The molecule has 2 N–H and O–H groups in total. The summed E-state index contributed by atoms with van der Waals surface area (Å²) >= 11 is 0. The number of amides is 1. The highest BCUT2D eigenvalue weighted by molar-refractivity contribution is 5.78. The van der Waals surface area contributed by atoms with Crippen LogP contribution in [0.5, 0.6) is 0 Å². The second-order valence-electron chi connectivity index (χ2n) is 4.84. The van der Waals surface area contributed by atoms with E-state index in [2.05, 4.69) is 24.5 Å². The molecule has 0 aromatic rings. The molecule has 1 aliphatic heterocycles. The van der Waals surface area contributed by atoms with Crippen molar-refractivity contribution in [3.63, 3.8) is 0 Å². The molecule has 3 heteroatoms. The van der Waals surface area contributed by atoms with Gasteiger partial charge in [0.1, 0.15) is 0 Å². The van der Waals surface area contributed by atoms with Crippen LogP contribution in [0, 0.1) is 11.3 Å². The molecule has 1 amide bonds. The number of hydrogen-bond donors (Lipinski definition) is 2. The maximum Gasteiger partial charge on any atom is 0.222 e. The van der Waals surface area contributed by atoms with Crippen LogP contribution in [0.1, 0.15) is 27.7 Å². The Morgan fingerprint density at radius 3 is 2.54 bits per heavy atom. The molecule has 1 unspecified atom stereocenters. The third-order valence-electron chi connectivity index (χ3n) is 2.71. The molecule has 0 saturated carbocycles. The Bertz CT molecular complexity index is 199. The summed E-state index contributed by atoms with van der Waals surface area (Å²) in [7, 11) is 0. The van der Waals surface area contributed by atoms with Crippen LogP contribution in [0.2, 0.25) is 0 Å². The van der Waals surface area contributed by atoms with E-state index < -0.39 is 0 Å². The molecule has 1 saturated heterocycles. The average molecular weight is 184 g/mol. The van der Waals surface area contributed by atoms with Crippen molar-refractivity contribution >= 4 is 5.91 Å². The zero-order valence-electron chi connectivity index (χ0n) is 8.98. The normalized spacial score (nSPS) is 26.4. The van der Waals surface area contributed by atoms with Gasteiger partial charge in [-0.3, -0.25) is 4.79 Å². The van der Waals surface area contributed by atoms with E-state index in [1.54, 1.807) is 0 Å². The van der Waals surface area contributed by atoms with Gasteiger partial charge in [0.25, 0.3) is 0 Å². The van der Waals surface area contributed by atoms with Gasteiger partial charge in [0.05, 0.1) is 0 Å². The molecule has 1 heterocycles. The van der Waals surface area contributed by atoms with Crippen molar-refractivity contribution in [3.05, 3.63) is 0 Å². The second-order valence-corrected chi connectivity index (χ2v) is 4.84. The Morgan fingerprint density at radius 1 is 1.54 bits per heavy atom. The summed E-state index contributed by atoms with van der Waals surface area (Å²) in [6.45, 7) is 10.1. The molecule has 0 bridgehead atoms. The minimum Gasteiger partial charge on any atom is -0.351 e. The highest BCUT2D eigenvalue weighted by atomic mass is 16.1. The van der Waals surface area contributed by atoms with E-state index in [0.717, 1.165) is 13.1 Å². The largest absolute Gasteiger partial charge is 0.351 e. The van der Waals surface area contributed by atoms with Crippen LogP contribution in [-0.2, 0) is 4.79 Å². The topological polar surface area (TPSA) is 41.1 Å². The SMILES string of the molecule is CC(C)C(=O)NC1CNCC1(C)C. The van der Waals surface area contributed by atoms with Crippen molar-refractivity contribution in [1.82, 2.24) is 10.6 Å². The molecule has 0 aliphatic carbocycles. The van der Waals surface area contributed by atoms with Gasteiger partial charge in [-0.15, -0.1) is 0 Å². The number of carbonyl (C=O) groups is 1. The van der Waals surface area contributed by atoms with E-state index in [1.807, 2.05) is 13.8 Å². The van der Waals surface area contributed by atoms with E-state index in [-0.39, 0.29) is 23.3 Å². The third kappa shape index (κ3) is 2.44. The molecule has 0 aromatic heterocycles. The van der Waals surface area contributed by atoms with Crippen molar-refractivity contribution in [2.75, 3.05) is 13.1 Å². The molecule has 1 fully saturated rings. The maximum atomic E-state index is 11.4. The van der Waals surface area contributed by atoms with Crippen molar-refractivity contribution in [3.8, 4) is 0 Å². The fourth-order valence-electron chi connectivity index (χ4n) is 1.52. The number of nitrogens with one attached hydrogen (secondary N) is 2. The molecular formula is C10H20N2O. The van der Waals surface area contributed by atoms with Gasteiger partial charge in [0.2, 0.25) is 5.91 Å². The molecule has 0 spiro atoms. The van der Waals surface area contributed by atoms with Crippen molar-refractivity contribution in [1.29, 1.82) is 0 Å². The fourth-order valence-corrected chi connectivity index (χ4v) is 1.52. The van der Waals surface area contributed by atoms with Gasteiger partial charge in [-0.25, -0.2) is 0 Å². The predicted octanol–water partition coefficient (Wildman–Crippen LogP) is 0.757. The van der Waals surface area contributed by atoms with Crippen LogP contribution in [-0.4, -0.2) is 25.0 Å². The summed E-state index contributed by atoms with van der Waals surface area (Å²) in [6, 6.07) is 0.280. The van der Waals surface area contributed by atoms with Gasteiger partial charge in [-0.2, -0.15) is 0 Å². The lowest BCUT2D eigenvalue weighted by molar-refractivity contribution is -0.125. The van der Waals surface area contributed by atoms with E-state index >= 15 is 0 Å². The van der Waals surface area contributed by atoms with Gasteiger partial charge in [0.15, 0.2) is 0 Å². The first-order valence-corrected chi connectivity index (χ1v) is 4.94. The molecule has 13 heavy (non-hydrogen) atoms. The average Bonchev–Trinajstić information content (AvgIpc) is 2.30. The predicted molar refractivity (Wildman–Crippen MR) is 53.4 cm³/mol. The van der Waals surface area contributed by atoms with Gasteiger partial charge in [0, 0.05) is 25.0 Å². The fraction of sp³-hybridized carbons (Fsp3) is 0.900. The third-order valence-corrected chi connectivity index (χ3v) is 2.71. The van der Waals surface area contributed by atoms with Crippen LogP contribution in [0.4, 0.5) is 0 Å². The second kappa shape index (κ2) is 3.66. The Balaban J connectivity index is 2.50. The molecule has 3 nitrogen and oxygen atoms in total. The first-order valence-electron chi connectivity index (χ1n) is 4.94. The van der Waals surface area contributed by atoms with Crippen molar-refractivity contribution in [2.45, 2.75) is 33.7 Å². The molecular weight excluding hydrogens is 164 g/mol. The summed E-state index contributed by atoms with van der Waals surface area (Å²) in [5.41, 5.74) is 0.185. The van der Waals surface area contributed by atoms with Crippen LogP contribution >= 0.6 is 0 Å². The first kappa shape index (κ1) is 10.5. The summed E-state index contributed by atoms with van der Waals surface area (Å²) in [4.78, 5) is 11.4. The highest BCUT2D eigenvalue weighted by Crippen LogP contribution is 2.23. The van der Waals surface area contributed by atoms with Gasteiger partial charge >= 0.3 is 0 Å². The Kier molecular flexibility index (Phi) is 2.96. The lowest BCUT2D eigenvalue weighted by atomic mass is 9.87. The van der Waals surface area contributed by atoms with E-state index in [1.165, 1.54) is 0 Å². The van der Waals surface area contributed by atoms with Gasteiger partial charge in [-0.05, 0) is 5.41 Å². The number of hydrogen-bond acceptors (Lipinski definition) is 2. The molecule has 1 rings (SSSR count). The summed E-state index contributed by atoms with van der Waals surface area (Å²) < 4.78 is 0. The zero-order valence-corrected chi connectivity index (χ0v) is 8.98. The number of rotatable bonds is 2. The van der Waals surface area contributed by atoms with Gasteiger partial charge in [-0.1, -0.05) is 27.7 Å². The van der Waals surface area contributed by atoms with E-state index in [4.69, 9.17) is 0 Å². The van der Waals surface area contributed by atoms with Gasteiger partial charge < -0.3 is 10.6 Å². The zero-order chi connectivity index (χ0) is 10.1. The van der Waals surface area contributed by atoms with Crippen LogP contribution in [0.25, 0.3) is 0 Å². The first-order chi connectivity index (χ1) is 5.93. The monoisotopic (exact) mass is 184 g/mol. The van der Waals surface area contributed by atoms with E-state index in [9.17, 15) is 4.79 Å². The highest BCUT2D eigenvalue weighted by Gasteiger charge is 2.35. The van der Waals surface area contributed by atoms with Crippen molar-refractivity contribution < 1.29 is 4.79 Å². The van der Waals surface area contributed by atoms with E-state index in [0.29, 0.717) is 0 Å². The van der Waals surface area contributed by atoms with Crippen LogP contribution in [0.3, 0.4) is 0 Å². The van der Waals surface area contributed by atoms with Crippen molar-refractivity contribution in [2.24, 2.45) is 11.3 Å². The minimum absolute atomic E-state index is 0.0800. The Morgan fingerprint density at radius 2 is 2.15 bits per heavy atom. The molecule has 1 atom stereocenters. The minimum atomic E-state index is 0.0800. The number of carbonyl (C=O) groups excluding carboxylic acids is 1. The maximum absolute atomic E-state index is 11.4. The molecule has 0 radical (unpaired) electrons. The quantitative estimate of drug-likeness (QED) is 0.665. The summed E-state index contributed by atoms with van der Waals surface area (Å²) in [5.74, 6) is 0.234. The lowest BCUT2D eigenvalue weighted by Gasteiger charge is -2.27. The Labute approximate surface area is 80.3 Å². The Hall–Kier alpha value is -0.570. The summed E-state index contributed by atoms with van der Waals surface area (Å²) in [6.07, 6.45) is 0. The standard InChI is InChI=1S/C10H20N2O/c1-7(2)9(13)12-8-5-11-6-10(8,3)4/h7-8,11H,5-6H2,1-4H3,(H,12,13).